The minimum absolute atomic E-state index is 0.00590. The molecule has 2 amide bonds. The molecule has 2 rings (SSSR count). The monoisotopic (exact) mass is 417 g/mol. The molecule has 0 saturated carbocycles. The van der Waals surface area contributed by atoms with E-state index in [1.54, 1.807) is 12.1 Å². The molecule has 0 radical (unpaired) electrons. The molecule has 2 aromatic rings. The standard InChI is InChI=1S/C20H27N5O3S/c1-12(2)17-7-15(9-21)8-18(13(3)4)19(17)23-20(26)24-29(27,28)16-10-22-25(11-16)14(5)6/h7-8,10-14H,1-6H3,(H2,23,24,26). The van der Waals surface area contributed by atoms with Crippen LogP contribution in [0.3, 0.4) is 0 Å². The molecule has 1 aromatic carbocycles. The molecule has 156 valence electrons. The molecule has 1 heterocycles. The number of nitrogens with zero attached hydrogens (tertiary/aromatic N) is 3. The molecule has 29 heavy (non-hydrogen) atoms. The molecule has 0 aliphatic carbocycles. The topological polar surface area (TPSA) is 117 Å². The van der Waals surface area contributed by atoms with Crippen LogP contribution in [0.2, 0.25) is 0 Å². The van der Waals surface area contributed by atoms with Crippen molar-refractivity contribution in [1.29, 1.82) is 5.26 Å². The third-order valence-corrected chi connectivity index (χ3v) is 5.74. The van der Waals surface area contributed by atoms with E-state index >= 15 is 0 Å². The summed E-state index contributed by atoms with van der Waals surface area (Å²) in [6.45, 7) is 11.5. The lowest BCUT2D eigenvalue weighted by atomic mass is 9.90. The summed E-state index contributed by atoms with van der Waals surface area (Å²) in [5.74, 6) is 0.0500. The van der Waals surface area contributed by atoms with Crippen molar-refractivity contribution in [2.75, 3.05) is 5.32 Å². The van der Waals surface area contributed by atoms with Crippen molar-refractivity contribution < 1.29 is 13.2 Å². The van der Waals surface area contributed by atoms with Crippen molar-refractivity contribution in [3.63, 3.8) is 0 Å². The van der Waals surface area contributed by atoms with E-state index in [0.29, 0.717) is 11.3 Å². The minimum atomic E-state index is -4.07. The number of aromatic nitrogens is 2. The molecular weight excluding hydrogens is 390 g/mol. The Morgan fingerprint density at radius 3 is 2.07 bits per heavy atom. The number of hydrogen-bond donors (Lipinski definition) is 2. The Morgan fingerprint density at radius 2 is 1.66 bits per heavy atom. The highest BCUT2D eigenvalue weighted by Gasteiger charge is 2.23. The number of sulfonamides is 1. The second kappa shape index (κ2) is 8.66. The zero-order chi connectivity index (χ0) is 21.9. The summed E-state index contributed by atoms with van der Waals surface area (Å²) in [7, 11) is -4.07. The fourth-order valence-corrected chi connectivity index (χ4v) is 3.71. The first kappa shape index (κ1) is 22.4. The van der Waals surface area contributed by atoms with Gasteiger partial charge in [0.1, 0.15) is 4.90 Å². The first-order valence-electron chi connectivity index (χ1n) is 9.42. The molecule has 2 N–H and O–H groups in total. The van der Waals surface area contributed by atoms with E-state index in [2.05, 4.69) is 16.5 Å². The molecule has 0 saturated heterocycles. The van der Waals surface area contributed by atoms with Crippen molar-refractivity contribution in [3.05, 3.63) is 41.2 Å². The smallest absolute Gasteiger partial charge is 0.307 e. The molecule has 0 unspecified atom stereocenters. The molecule has 0 aliphatic heterocycles. The lowest BCUT2D eigenvalue weighted by Gasteiger charge is -2.21. The van der Waals surface area contributed by atoms with E-state index in [0.717, 1.165) is 11.1 Å². The summed E-state index contributed by atoms with van der Waals surface area (Å²) in [4.78, 5) is 12.5. The average molecular weight is 418 g/mol. The molecule has 0 atom stereocenters. The van der Waals surface area contributed by atoms with Gasteiger partial charge in [0.15, 0.2) is 0 Å². The summed E-state index contributed by atoms with van der Waals surface area (Å²) in [5, 5.41) is 16.0. The van der Waals surface area contributed by atoms with Crippen LogP contribution in [0.1, 0.15) is 76.1 Å². The third-order valence-electron chi connectivity index (χ3n) is 4.46. The Kier molecular flexibility index (Phi) is 6.69. The third kappa shape index (κ3) is 5.15. The first-order chi connectivity index (χ1) is 13.5. The van der Waals surface area contributed by atoms with Crippen molar-refractivity contribution in [2.24, 2.45) is 0 Å². The maximum Gasteiger partial charge on any atom is 0.333 e. The Labute approximate surface area is 172 Å². The molecule has 0 aliphatic rings. The Bertz CT molecular complexity index is 1020. The summed E-state index contributed by atoms with van der Waals surface area (Å²) >= 11 is 0. The molecule has 8 nitrogen and oxygen atoms in total. The normalized spacial score (nSPS) is 11.7. The van der Waals surface area contributed by atoms with Crippen LogP contribution < -0.4 is 10.0 Å². The summed E-state index contributed by atoms with van der Waals surface area (Å²) < 4.78 is 28.6. The SMILES string of the molecule is CC(C)c1cc(C#N)cc(C(C)C)c1NC(=O)NS(=O)(=O)c1cnn(C(C)C)c1. The van der Waals surface area contributed by atoms with Crippen molar-refractivity contribution >= 4 is 21.7 Å². The fourth-order valence-electron chi connectivity index (χ4n) is 2.87. The molecule has 1 aromatic heterocycles. The number of amides is 2. The van der Waals surface area contributed by atoms with E-state index < -0.39 is 16.1 Å². The van der Waals surface area contributed by atoms with Crippen molar-refractivity contribution in [3.8, 4) is 6.07 Å². The van der Waals surface area contributed by atoms with Crippen LogP contribution in [0.5, 0.6) is 0 Å². The number of nitrogens with one attached hydrogen (secondary N) is 2. The Hall–Kier alpha value is -2.86. The van der Waals surface area contributed by atoms with Gasteiger partial charge >= 0.3 is 6.03 Å². The van der Waals surface area contributed by atoms with Crippen LogP contribution in [0.25, 0.3) is 0 Å². The number of nitriles is 1. The predicted octanol–water partition coefficient (Wildman–Crippen LogP) is 4.09. The number of carbonyl (C=O) groups is 1. The van der Waals surface area contributed by atoms with Crippen LogP contribution in [0.15, 0.2) is 29.4 Å². The highest BCUT2D eigenvalue weighted by atomic mass is 32.2. The molecule has 0 fully saturated rings. The zero-order valence-electron chi connectivity index (χ0n) is 17.5. The zero-order valence-corrected chi connectivity index (χ0v) is 18.3. The van der Waals surface area contributed by atoms with Crippen LogP contribution in [-0.2, 0) is 10.0 Å². The van der Waals surface area contributed by atoms with Gasteiger partial charge in [-0.25, -0.2) is 17.9 Å². The van der Waals surface area contributed by atoms with Crippen LogP contribution >= 0.6 is 0 Å². The second-order valence-electron chi connectivity index (χ2n) is 7.76. The minimum Gasteiger partial charge on any atom is -0.307 e. The number of urea groups is 1. The lowest BCUT2D eigenvalue weighted by molar-refractivity contribution is 0.256. The number of carbonyl (C=O) groups excluding carboxylic acids is 1. The Balaban J connectivity index is 2.35. The maximum absolute atomic E-state index is 12.6. The van der Waals surface area contributed by atoms with Gasteiger partial charge in [-0.1, -0.05) is 27.7 Å². The highest BCUT2D eigenvalue weighted by Crippen LogP contribution is 2.34. The molecular formula is C20H27N5O3S. The molecule has 0 spiro atoms. The van der Waals surface area contributed by atoms with Gasteiger partial charge in [-0.3, -0.25) is 4.68 Å². The van der Waals surface area contributed by atoms with Crippen molar-refractivity contribution in [1.82, 2.24) is 14.5 Å². The Morgan fingerprint density at radius 1 is 1.10 bits per heavy atom. The summed E-state index contributed by atoms with van der Waals surface area (Å²) in [5.41, 5.74) is 2.57. The van der Waals surface area contributed by atoms with E-state index in [1.165, 1.54) is 17.1 Å². The number of anilines is 1. The maximum atomic E-state index is 12.6. The highest BCUT2D eigenvalue weighted by molar-refractivity contribution is 7.90. The second-order valence-corrected chi connectivity index (χ2v) is 9.44. The van der Waals surface area contributed by atoms with Gasteiger partial charge in [-0.15, -0.1) is 0 Å². The average Bonchev–Trinajstić information content (AvgIpc) is 3.12. The van der Waals surface area contributed by atoms with Crippen LogP contribution in [-0.4, -0.2) is 24.2 Å². The first-order valence-corrected chi connectivity index (χ1v) is 10.9. The van der Waals surface area contributed by atoms with Gasteiger partial charge in [0, 0.05) is 17.9 Å². The fraction of sp³-hybridized carbons (Fsp3) is 0.450. The summed E-state index contributed by atoms with van der Waals surface area (Å²) in [6, 6.07) is 4.70. The van der Waals surface area contributed by atoms with Gasteiger partial charge < -0.3 is 5.32 Å². The number of rotatable bonds is 6. The lowest BCUT2D eigenvalue weighted by Crippen LogP contribution is -2.35. The predicted molar refractivity (Wildman–Crippen MR) is 111 cm³/mol. The number of benzene rings is 1. The van der Waals surface area contributed by atoms with Gasteiger partial charge in [-0.05, 0) is 48.9 Å². The largest absolute Gasteiger partial charge is 0.333 e. The van der Waals surface area contributed by atoms with E-state index in [1.807, 2.05) is 46.3 Å². The van der Waals surface area contributed by atoms with E-state index in [9.17, 15) is 18.5 Å². The van der Waals surface area contributed by atoms with Crippen LogP contribution in [0.4, 0.5) is 10.5 Å². The quantitative estimate of drug-likeness (QED) is 0.734. The van der Waals surface area contributed by atoms with E-state index in [-0.39, 0.29) is 22.8 Å². The van der Waals surface area contributed by atoms with Crippen molar-refractivity contribution in [2.45, 2.75) is 64.3 Å². The van der Waals surface area contributed by atoms with Gasteiger partial charge in [0.05, 0.1) is 17.8 Å². The van der Waals surface area contributed by atoms with Gasteiger partial charge in [0.2, 0.25) is 0 Å². The molecule has 0 bridgehead atoms. The molecule has 9 heteroatoms. The number of hydrogen-bond acceptors (Lipinski definition) is 5. The summed E-state index contributed by atoms with van der Waals surface area (Å²) in [6.07, 6.45) is 2.58. The van der Waals surface area contributed by atoms with E-state index in [4.69, 9.17) is 0 Å². The van der Waals surface area contributed by atoms with Crippen LogP contribution in [0, 0.1) is 11.3 Å². The van der Waals surface area contributed by atoms with Gasteiger partial charge in [0.25, 0.3) is 10.0 Å². The van der Waals surface area contributed by atoms with Gasteiger partial charge in [-0.2, -0.15) is 10.4 Å².